The maximum absolute atomic E-state index is 5.60. The van der Waals surface area contributed by atoms with Crippen molar-refractivity contribution in [1.29, 1.82) is 0 Å². The van der Waals surface area contributed by atoms with Crippen LogP contribution in [-0.4, -0.2) is 22.0 Å². The van der Waals surface area contributed by atoms with Crippen LogP contribution in [0.1, 0.15) is 17.4 Å². The Kier molecular flexibility index (Phi) is 4.15. The molecule has 91 valence electrons. The van der Waals surface area contributed by atoms with Crippen LogP contribution in [-0.2, 0) is 15.9 Å². The Hall–Kier alpha value is -0.903. The highest BCUT2D eigenvalue weighted by Crippen LogP contribution is 2.22. The molecule has 1 saturated heterocycles. The van der Waals surface area contributed by atoms with E-state index >= 15 is 0 Å². The van der Waals surface area contributed by atoms with E-state index in [4.69, 9.17) is 9.47 Å². The van der Waals surface area contributed by atoms with E-state index in [9.17, 15) is 0 Å². The number of allylic oxidation sites excluding steroid dienone is 1. The predicted octanol–water partition coefficient (Wildman–Crippen LogP) is 2.42. The van der Waals surface area contributed by atoms with Crippen LogP contribution in [0.3, 0.4) is 0 Å². The molecule has 0 aromatic heterocycles. The molecule has 0 amide bonds. The Bertz CT molecular complexity index is 395. The quantitative estimate of drug-likeness (QED) is 0.601. The molecule has 1 aromatic rings. The molecular formula is C14H19O2Si. The summed E-state index contributed by atoms with van der Waals surface area (Å²) in [5.74, 6) is 0. The molecule has 1 aromatic carbocycles. The Balaban J connectivity index is 2.33. The lowest BCUT2D eigenvalue weighted by Gasteiger charge is -2.17. The highest BCUT2D eigenvalue weighted by molar-refractivity contribution is 6.71. The van der Waals surface area contributed by atoms with Crippen LogP contribution in [0.25, 0.3) is 0 Å². The van der Waals surface area contributed by atoms with E-state index in [-0.39, 0.29) is 6.29 Å². The van der Waals surface area contributed by atoms with E-state index < -0.39 is 8.80 Å². The molecular weight excluding hydrogens is 228 g/mol. The minimum absolute atomic E-state index is 0.150. The summed E-state index contributed by atoms with van der Waals surface area (Å²) in [6.45, 7) is 9.80. The van der Waals surface area contributed by atoms with E-state index in [0.29, 0.717) is 13.2 Å². The molecule has 0 saturated carbocycles. The van der Waals surface area contributed by atoms with Crippen molar-refractivity contribution in [1.82, 2.24) is 0 Å². The van der Waals surface area contributed by atoms with Gasteiger partial charge >= 0.3 is 0 Å². The van der Waals surface area contributed by atoms with Crippen LogP contribution in [0.5, 0.6) is 0 Å². The molecule has 1 fully saturated rings. The van der Waals surface area contributed by atoms with Gasteiger partial charge in [-0.2, -0.15) is 0 Å². The van der Waals surface area contributed by atoms with Crippen LogP contribution in [0.4, 0.5) is 0 Å². The highest BCUT2D eigenvalue weighted by atomic mass is 28.3. The van der Waals surface area contributed by atoms with Crippen LogP contribution < -0.4 is 5.19 Å². The fourth-order valence-corrected chi connectivity index (χ4v) is 3.33. The zero-order chi connectivity index (χ0) is 12.3. The largest absolute Gasteiger partial charge is 0.346 e. The van der Waals surface area contributed by atoms with Crippen LogP contribution >= 0.6 is 0 Å². The summed E-state index contributed by atoms with van der Waals surface area (Å²) in [6.07, 6.45) is 2.72. The van der Waals surface area contributed by atoms with E-state index in [1.807, 2.05) is 6.08 Å². The third-order valence-corrected chi connectivity index (χ3v) is 4.42. The Morgan fingerprint density at radius 3 is 2.65 bits per heavy atom. The van der Waals surface area contributed by atoms with Crippen molar-refractivity contribution in [2.75, 3.05) is 13.2 Å². The van der Waals surface area contributed by atoms with Crippen molar-refractivity contribution in [2.45, 2.75) is 25.8 Å². The van der Waals surface area contributed by atoms with Gasteiger partial charge in [-0.05, 0) is 12.0 Å². The van der Waals surface area contributed by atoms with E-state index in [1.54, 1.807) is 0 Å². The van der Waals surface area contributed by atoms with E-state index in [1.165, 1.54) is 16.3 Å². The normalized spacial score (nSPS) is 16.6. The monoisotopic (exact) mass is 247 g/mol. The first-order valence-corrected chi connectivity index (χ1v) is 8.50. The summed E-state index contributed by atoms with van der Waals surface area (Å²) in [4.78, 5) is 0. The van der Waals surface area contributed by atoms with Gasteiger partial charge in [-0.3, -0.25) is 0 Å². The first-order chi connectivity index (χ1) is 8.22. The number of rotatable bonds is 4. The van der Waals surface area contributed by atoms with Crippen molar-refractivity contribution in [3.05, 3.63) is 42.0 Å². The molecule has 3 heteroatoms. The number of benzene rings is 1. The van der Waals surface area contributed by atoms with Gasteiger partial charge < -0.3 is 9.47 Å². The average Bonchev–Trinajstić information content (AvgIpc) is 2.82. The molecule has 2 rings (SSSR count). The van der Waals surface area contributed by atoms with Crippen molar-refractivity contribution < 1.29 is 9.47 Å². The summed E-state index contributed by atoms with van der Waals surface area (Å²) < 4.78 is 11.2. The summed E-state index contributed by atoms with van der Waals surface area (Å²) in [5, 5.41) is 1.42. The van der Waals surface area contributed by atoms with Gasteiger partial charge in [0.15, 0.2) is 6.29 Å². The van der Waals surface area contributed by atoms with Crippen molar-refractivity contribution in [3.63, 3.8) is 0 Å². The molecule has 1 aliphatic rings. The first kappa shape index (κ1) is 12.6. The van der Waals surface area contributed by atoms with Gasteiger partial charge in [0.2, 0.25) is 0 Å². The number of hydrogen-bond acceptors (Lipinski definition) is 2. The molecule has 1 radical (unpaired) electrons. The lowest BCUT2D eigenvalue weighted by Crippen LogP contribution is -2.29. The lowest BCUT2D eigenvalue weighted by molar-refractivity contribution is -0.0433. The second-order valence-electron chi connectivity index (χ2n) is 4.49. The molecule has 17 heavy (non-hydrogen) atoms. The minimum Gasteiger partial charge on any atom is -0.346 e. The molecule has 0 N–H and O–H groups in total. The van der Waals surface area contributed by atoms with Gasteiger partial charge in [-0.15, -0.1) is 6.58 Å². The first-order valence-electron chi connectivity index (χ1n) is 6.00. The van der Waals surface area contributed by atoms with E-state index in [2.05, 4.69) is 37.9 Å². The minimum atomic E-state index is -0.513. The topological polar surface area (TPSA) is 18.5 Å². The second kappa shape index (κ2) is 5.62. The van der Waals surface area contributed by atoms with Crippen LogP contribution in [0.15, 0.2) is 30.9 Å². The number of hydrogen-bond donors (Lipinski definition) is 0. The maximum atomic E-state index is 5.60. The third-order valence-electron chi connectivity index (χ3n) is 2.91. The Labute approximate surface area is 105 Å². The smallest absolute Gasteiger partial charge is 0.183 e. The highest BCUT2D eigenvalue weighted by Gasteiger charge is 2.22. The molecule has 1 aliphatic heterocycles. The van der Waals surface area contributed by atoms with Gasteiger partial charge in [-0.25, -0.2) is 0 Å². The SMILES string of the molecule is C=CCc1ccc(C2OCCO2)c([Si](C)C)c1. The standard InChI is InChI=1S/C14H19O2Si/c1-4-5-11-6-7-12(13(10-11)17(2)3)14-15-8-9-16-14/h4,6-7,10,14H,1,5,8-9H2,2-3H3. The fourth-order valence-electron chi connectivity index (χ4n) is 2.07. The molecule has 1 heterocycles. The van der Waals surface area contributed by atoms with Crippen LogP contribution in [0.2, 0.25) is 13.1 Å². The van der Waals surface area contributed by atoms with Crippen LogP contribution in [0, 0.1) is 0 Å². The van der Waals surface area contributed by atoms with Gasteiger partial charge in [-0.1, -0.05) is 42.6 Å². The Morgan fingerprint density at radius 2 is 2.06 bits per heavy atom. The van der Waals surface area contributed by atoms with Crippen molar-refractivity contribution >= 4 is 14.0 Å². The summed E-state index contributed by atoms with van der Waals surface area (Å²) >= 11 is 0. The predicted molar refractivity (Wildman–Crippen MR) is 72.1 cm³/mol. The molecule has 0 unspecified atom stereocenters. The van der Waals surface area contributed by atoms with Crippen molar-refractivity contribution in [2.24, 2.45) is 0 Å². The summed E-state index contributed by atoms with van der Waals surface area (Å²) in [5.41, 5.74) is 2.54. The van der Waals surface area contributed by atoms with Gasteiger partial charge in [0.1, 0.15) is 0 Å². The van der Waals surface area contributed by atoms with Gasteiger partial charge in [0, 0.05) is 5.56 Å². The average molecular weight is 247 g/mol. The summed E-state index contributed by atoms with van der Waals surface area (Å²) in [6, 6.07) is 6.59. The molecule has 2 nitrogen and oxygen atoms in total. The molecule has 0 atom stereocenters. The number of ether oxygens (including phenoxy) is 2. The molecule has 0 spiro atoms. The lowest BCUT2D eigenvalue weighted by atomic mass is 10.1. The van der Waals surface area contributed by atoms with Gasteiger partial charge in [0.05, 0.1) is 22.0 Å². The second-order valence-corrected chi connectivity index (χ2v) is 7.03. The maximum Gasteiger partial charge on any atom is 0.183 e. The fraction of sp³-hybridized carbons (Fsp3) is 0.429. The zero-order valence-corrected chi connectivity index (χ0v) is 11.5. The molecule has 0 aliphatic carbocycles. The summed E-state index contributed by atoms with van der Waals surface area (Å²) in [7, 11) is -0.513. The molecule has 0 bridgehead atoms. The van der Waals surface area contributed by atoms with Gasteiger partial charge in [0.25, 0.3) is 0 Å². The Morgan fingerprint density at radius 1 is 1.35 bits per heavy atom. The van der Waals surface area contributed by atoms with Crippen molar-refractivity contribution in [3.8, 4) is 0 Å². The third kappa shape index (κ3) is 2.86. The zero-order valence-electron chi connectivity index (χ0n) is 10.5. The van der Waals surface area contributed by atoms with E-state index in [0.717, 1.165) is 6.42 Å².